The summed E-state index contributed by atoms with van der Waals surface area (Å²) < 4.78 is 11.4. The van der Waals surface area contributed by atoms with Crippen molar-refractivity contribution in [2.75, 3.05) is 4.90 Å². The fourth-order valence-corrected chi connectivity index (χ4v) is 4.02. The van der Waals surface area contributed by atoms with E-state index in [1.807, 2.05) is 0 Å². The molecule has 7 nitrogen and oxygen atoms in total. The minimum Gasteiger partial charge on any atom is -0.444 e. The van der Waals surface area contributed by atoms with Gasteiger partial charge in [-0.1, -0.05) is 63.9 Å². The molecule has 3 aromatic rings. The van der Waals surface area contributed by atoms with Crippen molar-refractivity contribution in [2.24, 2.45) is 0 Å². The molecule has 4 rings (SSSR count). The lowest BCUT2D eigenvalue weighted by molar-refractivity contribution is -0.130. The molecule has 9 heteroatoms. The summed E-state index contributed by atoms with van der Waals surface area (Å²) in [6.07, 6.45) is -3.37. The molecule has 33 heavy (non-hydrogen) atoms. The van der Waals surface area contributed by atoms with E-state index in [1.165, 1.54) is 36.4 Å². The second kappa shape index (κ2) is 9.56. The first kappa shape index (κ1) is 22.7. The first-order valence-corrected chi connectivity index (χ1v) is 10.9. The number of amides is 2. The van der Waals surface area contributed by atoms with Crippen molar-refractivity contribution >= 4 is 57.0 Å². The quantitative estimate of drug-likeness (QED) is 0.360. The highest BCUT2D eigenvalue weighted by Gasteiger charge is 2.54. The smallest absolute Gasteiger partial charge is 0.339 e. The maximum Gasteiger partial charge on any atom is 0.339 e. The van der Waals surface area contributed by atoms with Crippen LogP contribution in [0.2, 0.25) is 5.02 Å². The summed E-state index contributed by atoms with van der Waals surface area (Å²) in [4.78, 5) is 52.5. The molecular weight excluding hydrogens is 514 g/mol. The number of rotatable bonds is 5. The molecule has 3 aromatic carbocycles. The highest BCUT2D eigenvalue weighted by atomic mass is 79.9. The van der Waals surface area contributed by atoms with Gasteiger partial charge in [0.2, 0.25) is 12.2 Å². The van der Waals surface area contributed by atoms with Crippen LogP contribution in [0.3, 0.4) is 0 Å². The summed E-state index contributed by atoms with van der Waals surface area (Å²) in [5, 5.41) is 0.106. The number of anilines is 1. The minimum absolute atomic E-state index is 0.0777. The molecule has 0 N–H and O–H groups in total. The van der Waals surface area contributed by atoms with Crippen LogP contribution in [0.1, 0.15) is 20.7 Å². The molecule has 1 saturated heterocycles. The number of benzene rings is 3. The van der Waals surface area contributed by atoms with E-state index in [0.717, 1.165) is 4.90 Å². The Balaban J connectivity index is 1.68. The van der Waals surface area contributed by atoms with Crippen molar-refractivity contribution in [3.8, 4) is 0 Å². The number of carbonyl (C=O) groups excluding carboxylic acids is 4. The molecule has 0 radical (unpaired) electrons. The average molecular weight is 529 g/mol. The number of carbonyl (C=O) groups is 4. The molecule has 2 amide bonds. The molecule has 0 bridgehead atoms. The van der Waals surface area contributed by atoms with Crippen molar-refractivity contribution in [2.45, 2.75) is 12.2 Å². The lowest BCUT2D eigenvalue weighted by Crippen LogP contribution is -2.37. The third kappa shape index (κ3) is 4.67. The Morgan fingerprint density at radius 1 is 0.758 bits per heavy atom. The number of ether oxygens (including phenoxy) is 2. The zero-order valence-electron chi connectivity index (χ0n) is 16.8. The zero-order chi connectivity index (χ0) is 23.5. The topological polar surface area (TPSA) is 90.0 Å². The number of imide groups is 1. The van der Waals surface area contributed by atoms with Crippen molar-refractivity contribution in [3.05, 3.63) is 99.5 Å². The molecule has 0 aromatic heterocycles. The lowest BCUT2D eigenvalue weighted by atomic mass is 10.2. The second-order valence-corrected chi connectivity index (χ2v) is 8.31. The third-order valence-corrected chi connectivity index (χ3v) is 5.64. The zero-order valence-corrected chi connectivity index (χ0v) is 19.2. The van der Waals surface area contributed by atoms with Crippen LogP contribution in [0.25, 0.3) is 0 Å². The van der Waals surface area contributed by atoms with Crippen molar-refractivity contribution < 1.29 is 28.7 Å². The molecule has 0 spiro atoms. The Morgan fingerprint density at radius 3 is 1.64 bits per heavy atom. The molecule has 2 atom stereocenters. The van der Waals surface area contributed by atoms with E-state index in [9.17, 15) is 19.2 Å². The van der Waals surface area contributed by atoms with Gasteiger partial charge in [0.1, 0.15) is 0 Å². The molecule has 1 aliphatic rings. The Labute approximate surface area is 202 Å². The Hall–Kier alpha value is -3.49. The van der Waals surface area contributed by atoms with Crippen LogP contribution < -0.4 is 4.90 Å². The summed E-state index contributed by atoms with van der Waals surface area (Å²) in [5.41, 5.74) is 0.422. The van der Waals surface area contributed by atoms with Gasteiger partial charge in [-0.2, -0.15) is 0 Å². The van der Waals surface area contributed by atoms with Gasteiger partial charge < -0.3 is 9.47 Å². The number of hydrogen-bond acceptors (Lipinski definition) is 6. The second-order valence-electron chi connectivity index (χ2n) is 6.99. The third-order valence-electron chi connectivity index (χ3n) is 4.84. The molecule has 1 aliphatic heterocycles. The Kier molecular flexibility index (Phi) is 6.57. The van der Waals surface area contributed by atoms with Gasteiger partial charge >= 0.3 is 11.9 Å². The molecule has 0 unspecified atom stereocenters. The van der Waals surface area contributed by atoms with Crippen molar-refractivity contribution in [1.29, 1.82) is 0 Å². The van der Waals surface area contributed by atoms with Crippen LogP contribution in [0.15, 0.2) is 83.3 Å². The maximum atomic E-state index is 13.2. The van der Waals surface area contributed by atoms with Crippen LogP contribution in [-0.4, -0.2) is 36.0 Å². The maximum absolute atomic E-state index is 13.2. The van der Waals surface area contributed by atoms with Crippen LogP contribution >= 0.6 is 27.5 Å². The van der Waals surface area contributed by atoms with Gasteiger partial charge in [-0.05, 0) is 42.5 Å². The van der Waals surface area contributed by atoms with E-state index in [1.54, 1.807) is 42.5 Å². The predicted octanol–water partition coefficient (Wildman–Crippen LogP) is 4.43. The van der Waals surface area contributed by atoms with Crippen LogP contribution in [0.4, 0.5) is 5.69 Å². The van der Waals surface area contributed by atoms with E-state index in [4.69, 9.17) is 21.1 Å². The minimum atomic E-state index is -1.68. The molecule has 166 valence electrons. The first-order valence-electron chi connectivity index (χ1n) is 9.72. The number of hydrogen-bond donors (Lipinski definition) is 0. The van der Waals surface area contributed by atoms with Gasteiger partial charge in [0.15, 0.2) is 0 Å². The summed E-state index contributed by atoms with van der Waals surface area (Å²) in [5.74, 6) is -3.43. The van der Waals surface area contributed by atoms with E-state index < -0.39 is 36.0 Å². The normalized spacial score (nSPS) is 17.7. The standard InChI is InChI=1S/C24H15BrClNO6/c25-16-11-12-18(17(26)13-16)27-21(28)19(32-23(30)14-7-3-1-4-8-14)20(22(27)29)33-24(31)15-9-5-2-6-10-15/h1-13,19-20H/t19-,20-/m1/s1. The molecule has 0 aliphatic carbocycles. The molecular formula is C24H15BrClNO6. The van der Waals surface area contributed by atoms with E-state index in [0.29, 0.717) is 4.47 Å². The van der Waals surface area contributed by atoms with Gasteiger partial charge in [-0.25, -0.2) is 14.5 Å². The number of esters is 2. The Bertz CT molecular complexity index is 1160. The van der Waals surface area contributed by atoms with Gasteiger partial charge in [-0.3, -0.25) is 9.59 Å². The fraction of sp³-hybridized carbons (Fsp3) is 0.0833. The van der Waals surface area contributed by atoms with Crippen LogP contribution in [0.5, 0.6) is 0 Å². The van der Waals surface area contributed by atoms with E-state index >= 15 is 0 Å². The highest BCUT2D eigenvalue weighted by Crippen LogP contribution is 2.34. The Morgan fingerprint density at radius 2 is 1.21 bits per heavy atom. The van der Waals surface area contributed by atoms with E-state index in [2.05, 4.69) is 15.9 Å². The van der Waals surface area contributed by atoms with Crippen molar-refractivity contribution in [3.63, 3.8) is 0 Å². The monoisotopic (exact) mass is 527 g/mol. The van der Waals surface area contributed by atoms with Gasteiger partial charge in [0.05, 0.1) is 21.8 Å². The predicted molar refractivity (Wildman–Crippen MR) is 123 cm³/mol. The van der Waals surface area contributed by atoms with Gasteiger partial charge in [0.25, 0.3) is 11.8 Å². The van der Waals surface area contributed by atoms with Gasteiger partial charge in [0, 0.05) is 4.47 Å². The largest absolute Gasteiger partial charge is 0.444 e. The fourth-order valence-electron chi connectivity index (χ4n) is 3.26. The summed E-state index contributed by atoms with van der Waals surface area (Å²) >= 11 is 9.51. The highest BCUT2D eigenvalue weighted by molar-refractivity contribution is 9.10. The molecule has 1 heterocycles. The SMILES string of the molecule is O=C(O[C@H]1C(=O)N(c2ccc(Br)cc2Cl)C(=O)[C@@H]1OC(=O)c1ccccc1)c1ccccc1. The lowest BCUT2D eigenvalue weighted by Gasteiger charge is -2.16. The van der Waals surface area contributed by atoms with Gasteiger partial charge in [-0.15, -0.1) is 0 Å². The summed E-state index contributed by atoms with van der Waals surface area (Å²) in [7, 11) is 0. The summed E-state index contributed by atoms with van der Waals surface area (Å²) in [6, 6.07) is 20.5. The number of nitrogens with zero attached hydrogens (tertiary/aromatic N) is 1. The summed E-state index contributed by atoms with van der Waals surface area (Å²) in [6.45, 7) is 0. The molecule has 1 fully saturated rings. The van der Waals surface area contributed by atoms with E-state index in [-0.39, 0.29) is 21.8 Å². The van der Waals surface area contributed by atoms with Crippen LogP contribution in [-0.2, 0) is 19.1 Å². The first-order chi connectivity index (χ1) is 15.9. The van der Waals surface area contributed by atoms with Crippen molar-refractivity contribution in [1.82, 2.24) is 0 Å². The molecule has 0 saturated carbocycles. The average Bonchev–Trinajstić information content (AvgIpc) is 3.04. The number of halogens is 2. The van der Waals surface area contributed by atoms with Crippen LogP contribution in [0, 0.1) is 0 Å².